The van der Waals surface area contributed by atoms with E-state index in [1.165, 1.54) is 12.0 Å². The SMILES string of the molecule is COSCc1ccc(C(=N)N)cc1OC. The zero-order chi connectivity index (χ0) is 11.3. The molecule has 0 amide bonds. The van der Waals surface area contributed by atoms with Gasteiger partial charge in [-0.1, -0.05) is 12.1 Å². The van der Waals surface area contributed by atoms with E-state index in [0.717, 1.165) is 11.3 Å². The molecule has 0 radical (unpaired) electrons. The number of nitrogens with one attached hydrogen (secondary N) is 1. The molecule has 5 heteroatoms. The van der Waals surface area contributed by atoms with Crippen LogP contribution in [-0.4, -0.2) is 20.1 Å². The van der Waals surface area contributed by atoms with Crippen LogP contribution < -0.4 is 10.5 Å². The average Bonchev–Trinajstić information content (AvgIpc) is 2.25. The van der Waals surface area contributed by atoms with Gasteiger partial charge in [0.15, 0.2) is 0 Å². The minimum atomic E-state index is 0.0410. The van der Waals surface area contributed by atoms with Crippen LogP contribution in [0.2, 0.25) is 0 Å². The fraction of sp³-hybridized carbons (Fsp3) is 0.300. The average molecular weight is 226 g/mol. The van der Waals surface area contributed by atoms with Gasteiger partial charge in [0.2, 0.25) is 0 Å². The third kappa shape index (κ3) is 3.14. The highest BCUT2D eigenvalue weighted by molar-refractivity contribution is 7.93. The molecule has 0 aliphatic rings. The van der Waals surface area contributed by atoms with Gasteiger partial charge in [-0.05, 0) is 18.1 Å². The molecule has 1 aromatic rings. The molecule has 1 rings (SSSR count). The molecule has 0 aliphatic heterocycles. The van der Waals surface area contributed by atoms with Crippen molar-refractivity contribution in [2.75, 3.05) is 14.2 Å². The lowest BCUT2D eigenvalue weighted by Gasteiger charge is -2.09. The minimum Gasteiger partial charge on any atom is -0.496 e. The van der Waals surface area contributed by atoms with Crippen LogP contribution in [0.4, 0.5) is 0 Å². The Morgan fingerprint density at radius 2 is 2.20 bits per heavy atom. The second-order valence-electron chi connectivity index (χ2n) is 2.87. The number of ether oxygens (including phenoxy) is 1. The summed E-state index contributed by atoms with van der Waals surface area (Å²) >= 11 is 1.34. The Hall–Kier alpha value is -1.20. The quantitative estimate of drug-likeness (QED) is 0.456. The van der Waals surface area contributed by atoms with Gasteiger partial charge in [-0.25, -0.2) is 0 Å². The van der Waals surface area contributed by atoms with Crippen LogP contribution in [0.15, 0.2) is 18.2 Å². The Bertz CT molecular complexity index is 355. The smallest absolute Gasteiger partial charge is 0.123 e. The van der Waals surface area contributed by atoms with Crippen molar-refractivity contribution in [3.05, 3.63) is 29.3 Å². The van der Waals surface area contributed by atoms with Gasteiger partial charge in [0.05, 0.1) is 14.2 Å². The largest absolute Gasteiger partial charge is 0.496 e. The zero-order valence-electron chi connectivity index (χ0n) is 8.74. The van der Waals surface area contributed by atoms with Gasteiger partial charge >= 0.3 is 0 Å². The zero-order valence-corrected chi connectivity index (χ0v) is 9.56. The fourth-order valence-corrected chi connectivity index (χ4v) is 1.64. The number of nitrogen functional groups attached to an aromatic ring is 1. The molecular weight excluding hydrogens is 212 g/mol. The van der Waals surface area contributed by atoms with Crippen molar-refractivity contribution in [2.45, 2.75) is 5.75 Å². The predicted molar refractivity (Wildman–Crippen MR) is 62.3 cm³/mol. The second-order valence-corrected chi connectivity index (χ2v) is 3.73. The van der Waals surface area contributed by atoms with Crippen LogP contribution in [0.5, 0.6) is 5.75 Å². The summed E-state index contributed by atoms with van der Waals surface area (Å²) in [4.78, 5) is 0. The van der Waals surface area contributed by atoms with Crippen molar-refractivity contribution < 1.29 is 8.92 Å². The Kier molecular flexibility index (Phi) is 4.45. The maximum atomic E-state index is 7.31. The van der Waals surface area contributed by atoms with Gasteiger partial charge in [-0.2, -0.15) is 0 Å². The predicted octanol–water partition coefficient (Wildman–Crippen LogP) is 1.77. The molecular formula is C10H14N2O2S. The van der Waals surface area contributed by atoms with Gasteiger partial charge in [0, 0.05) is 16.9 Å². The Labute approximate surface area is 93.5 Å². The highest BCUT2D eigenvalue weighted by Crippen LogP contribution is 2.24. The van der Waals surface area contributed by atoms with E-state index in [1.54, 1.807) is 26.4 Å². The van der Waals surface area contributed by atoms with E-state index in [4.69, 9.17) is 20.1 Å². The van der Waals surface area contributed by atoms with Crippen LogP contribution in [0, 0.1) is 5.41 Å². The number of rotatable bonds is 5. The number of methoxy groups -OCH3 is 1. The van der Waals surface area contributed by atoms with E-state index < -0.39 is 0 Å². The highest BCUT2D eigenvalue weighted by atomic mass is 32.2. The van der Waals surface area contributed by atoms with Gasteiger partial charge < -0.3 is 14.7 Å². The van der Waals surface area contributed by atoms with Crippen molar-refractivity contribution in [3.8, 4) is 5.75 Å². The summed E-state index contributed by atoms with van der Waals surface area (Å²) < 4.78 is 10.1. The monoisotopic (exact) mass is 226 g/mol. The molecule has 0 saturated carbocycles. The second kappa shape index (κ2) is 5.63. The Morgan fingerprint density at radius 3 is 2.73 bits per heavy atom. The van der Waals surface area contributed by atoms with Gasteiger partial charge in [-0.15, -0.1) is 0 Å². The summed E-state index contributed by atoms with van der Waals surface area (Å²) in [5.41, 5.74) is 7.07. The summed E-state index contributed by atoms with van der Waals surface area (Å²) in [5.74, 6) is 1.48. The van der Waals surface area contributed by atoms with Crippen LogP contribution in [0.1, 0.15) is 11.1 Å². The van der Waals surface area contributed by atoms with E-state index in [9.17, 15) is 0 Å². The van der Waals surface area contributed by atoms with Crippen LogP contribution in [0.25, 0.3) is 0 Å². The lowest BCUT2D eigenvalue weighted by molar-refractivity contribution is 0.410. The summed E-state index contributed by atoms with van der Waals surface area (Å²) in [6.45, 7) is 0. The summed E-state index contributed by atoms with van der Waals surface area (Å²) in [6, 6.07) is 5.45. The lowest BCUT2D eigenvalue weighted by Crippen LogP contribution is -2.11. The summed E-state index contributed by atoms with van der Waals surface area (Å²) in [5, 5.41) is 7.31. The molecule has 0 aromatic heterocycles. The van der Waals surface area contributed by atoms with E-state index in [2.05, 4.69) is 0 Å². The molecule has 82 valence electrons. The van der Waals surface area contributed by atoms with E-state index in [1.807, 2.05) is 6.07 Å². The Morgan fingerprint density at radius 1 is 1.47 bits per heavy atom. The van der Waals surface area contributed by atoms with Crippen molar-refractivity contribution in [3.63, 3.8) is 0 Å². The summed E-state index contributed by atoms with van der Waals surface area (Å²) in [6.07, 6.45) is 0. The van der Waals surface area contributed by atoms with Crippen LogP contribution in [-0.2, 0) is 9.94 Å². The van der Waals surface area contributed by atoms with E-state index >= 15 is 0 Å². The van der Waals surface area contributed by atoms with Gasteiger partial charge in [0.1, 0.15) is 11.6 Å². The van der Waals surface area contributed by atoms with Gasteiger partial charge in [0.25, 0.3) is 0 Å². The first-order chi connectivity index (χ1) is 7.19. The molecule has 0 bridgehead atoms. The molecule has 0 aliphatic carbocycles. The van der Waals surface area contributed by atoms with Gasteiger partial charge in [-0.3, -0.25) is 5.41 Å². The van der Waals surface area contributed by atoms with Crippen molar-refractivity contribution in [1.82, 2.24) is 0 Å². The third-order valence-electron chi connectivity index (χ3n) is 1.93. The molecule has 4 nitrogen and oxygen atoms in total. The standard InChI is InChI=1S/C10H14N2O2S/c1-13-9-5-7(10(11)12)3-4-8(9)6-15-14-2/h3-5H,6H2,1-2H3,(H3,11,12). The first-order valence-electron chi connectivity index (χ1n) is 4.36. The molecule has 0 spiro atoms. The number of nitrogens with two attached hydrogens (primary N) is 1. The minimum absolute atomic E-state index is 0.0410. The van der Waals surface area contributed by atoms with Crippen molar-refractivity contribution in [2.24, 2.45) is 5.73 Å². The number of amidine groups is 1. The molecule has 0 saturated heterocycles. The maximum absolute atomic E-state index is 7.31. The lowest BCUT2D eigenvalue weighted by atomic mass is 10.1. The normalized spacial score (nSPS) is 10.0. The molecule has 15 heavy (non-hydrogen) atoms. The molecule has 0 atom stereocenters. The van der Waals surface area contributed by atoms with Crippen molar-refractivity contribution >= 4 is 17.9 Å². The van der Waals surface area contributed by atoms with Crippen LogP contribution >= 0.6 is 12.0 Å². The fourth-order valence-electron chi connectivity index (χ4n) is 1.15. The van der Waals surface area contributed by atoms with E-state index in [-0.39, 0.29) is 5.84 Å². The Balaban J connectivity index is 2.93. The molecule has 0 fully saturated rings. The van der Waals surface area contributed by atoms with Crippen molar-refractivity contribution in [1.29, 1.82) is 5.41 Å². The molecule has 1 aromatic carbocycles. The maximum Gasteiger partial charge on any atom is 0.123 e. The molecule has 0 heterocycles. The number of hydrogen-bond donors (Lipinski definition) is 2. The number of hydrogen-bond acceptors (Lipinski definition) is 4. The third-order valence-corrected chi connectivity index (χ3v) is 2.59. The summed E-state index contributed by atoms with van der Waals surface area (Å²) in [7, 11) is 3.22. The molecule has 3 N–H and O–H groups in total. The number of benzene rings is 1. The van der Waals surface area contributed by atoms with E-state index in [0.29, 0.717) is 11.3 Å². The topological polar surface area (TPSA) is 68.3 Å². The van der Waals surface area contributed by atoms with Crippen LogP contribution in [0.3, 0.4) is 0 Å². The first kappa shape index (κ1) is 11.9. The first-order valence-corrected chi connectivity index (χ1v) is 5.27. The molecule has 0 unspecified atom stereocenters. The highest BCUT2D eigenvalue weighted by Gasteiger charge is 2.06.